The summed E-state index contributed by atoms with van der Waals surface area (Å²) in [6.07, 6.45) is 1.58. The van der Waals surface area contributed by atoms with Crippen molar-refractivity contribution in [2.24, 2.45) is 0 Å². The van der Waals surface area contributed by atoms with Gasteiger partial charge in [0.15, 0.2) is 18.1 Å². The molecule has 0 saturated heterocycles. The Balaban J connectivity index is 1.31. The van der Waals surface area contributed by atoms with E-state index >= 15 is 0 Å². The molecule has 1 N–H and O–H groups in total. The minimum absolute atomic E-state index is 0.0351. The maximum atomic E-state index is 12.1. The highest BCUT2D eigenvalue weighted by atomic mass is 16.6. The normalized spacial score (nSPS) is 12.6. The van der Waals surface area contributed by atoms with Crippen LogP contribution in [-0.2, 0) is 20.7 Å². The first kappa shape index (κ1) is 17.9. The van der Waals surface area contributed by atoms with E-state index < -0.39 is 11.9 Å². The Morgan fingerprint density at radius 3 is 2.75 bits per heavy atom. The van der Waals surface area contributed by atoms with E-state index in [0.29, 0.717) is 30.4 Å². The van der Waals surface area contributed by atoms with Gasteiger partial charge in [0.2, 0.25) is 0 Å². The Bertz CT molecular complexity index is 1040. The molecule has 28 heavy (non-hydrogen) atoms. The number of anilines is 1. The molecule has 0 spiro atoms. The number of amides is 1. The number of ether oxygens (including phenoxy) is 3. The van der Waals surface area contributed by atoms with Crippen molar-refractivity contribution in [1.29, 1.82) is 0 Å². The highest BCUT2D eigenvalue weighted by Crippen LogP contribution is 2.32. The van der Waals surface area contributed by atoms with E-state index in [2.05, 4.69) is 5.32 Å². The van der Waals surface area contributed by atoms with Gasteiger partial charge in [-0.05, 0) is 30.7 Å². The lowest BCUT2D eigenvalue weighted by atomic mass is 10.1. The second-order valence-electron chi connectivity index (χ2n) is 6.50. The predicted molar refractivity (Wildman–Crippen MR) is 102 cm³/mol. The zero-order valence-electron chi connectivity index (χ0n) is 15.3. The highest BCUT2D eigenvalue weighted by molar-refractivity contribution is 5.93. The van der Waals surface area contributed by atoms with Crippen LogP contribution in [0.1, 0.15) is 11.1 Å². The maximum absolute atomic E-state index is 12.1. The number of hydrogen-bond donors (Lipinski definition) is 1. The molecule has 0 radical (unpaired) electrons. The number of carbonyl (C=O) groups excluding carboxylic acids is 2. The van der Waals surface area contributed by atoms with Crippen molar-refractivity contribution in [1.82, 2.24) is 0 Å². The molecule has 2 aromatic carbocycles. The first-order valence-electron chi connectivity index (χ1n) is 8.90. The van der Waals surface area contributed by atoms with Crippen LogP contribution in [0.4, 0.5) is 5.69 Å². The van der Waals surface area contributed by atoms with Gasteiger partial charge in [0.25, 0.3) is 5.91 Å². The van der Waals surface area contributed by atoms with Gasteiger partial charge in [-0.3, -0.25) is 9.59 Å². The van der Waals surface area contributed by atoms with Crippen molar-refractivity contribution in [3.63, 3.8) is 0 Å². The molecule has 0 aliphatic carbocycles. The molecule has 1 aliphatic heterocycles. The van der Waals surface area contributed by atoms with E-state index in [1.54, 1.807) is 24.5 Å². The SMILES string of the molecule is Cc1ccc2c(CC(=O)OCC(=O)Nc3ccc4c(c3)OCCO4)coc2c1. The van der Waals surface area contributed by atoms with Crippen molar-refractivity contribution in [3.05, 3.63) is 53.8 Å². The molecule has 0 fully saturated rings. The number of fused-ring (bicyclic) bond motifs is 2. The van der Waals surface area contributed by atoms with Crippen molar-refractivity contribution < 1.29 is 28.2 Å². The molecule has 1 aromatic heterocycles. The van der Waals surface area contributed by atoms with Crippen LogP contribution in [0.15, 0.2) is 47.1 Å². The van der Waals surface area contributed by atoms with E-state index in [-0.39, 0.29) is 13.0 Å². The minimum atomic E-state index is -0.499. The molecular weight excluding hydrogens is 362 g/mol. The summed E-state index contributed by atoms with van der Waals surface area (Å²) < 4.78 is 21.5. The van der Waals surface area contributed by atoms with Gasteiger partial charge in [0, 0.05) is 22.7 Å². The number of aryl methyl sites for hydroxylation is 1. The third-order valence-corrected chi connectivity index (χ3v) is 4.34. The van der Waals surface area contributed by atoms with Crippen molar-refractivity contribution in [2.45, 2.75) is 13.3 Å². The van der Waals surface area contributed by atoms with Crippen LogP contribution in [0.3, 0.4) is 0 Å². The van der Waals surface area contributed by atoms with Gasteiger partial charge in [-0.15, -0.1) is 0 Å². The number of carbonyl (C=O) groups is 2. The fourth-order valence-corrected chi connectivity index (χ4v) is 3.00. The summed E-state index contributed by atoms with van der Waals surface area (Å²) in [5.74, 6) is 0.277. The topological polar surface area (TPSA) is 87.0 Å². The number of nitrogens with one attached hydrogen (secondary N) is 1. The molecule has 7 nitrogen and oxygen atoms in total. The average molecular weight is 381 g/mol. The number of rotatable bonds is 5. The second kappa shape index (κ2) is 7.64. The van der Waals surface area contributed by atoms with Crippen LogP contribution < -0.4 is 14.8 Å². The third-order valence-electron chi connectivity index (χ3n) is 4.34. The first-order valence-corrected chi connectivity index (χ1v) is 8.90. The van der Waals surface area contributed by atoms with Gasteiger partial charge in [-0.25, -0.2) is 0 Å². The molecule has 1 amide bonds. The number of benzene rings is 2. The zero-order valence-corrected chi connectivity index (χ0v) is 15.3. The highest BCUT2D eigenvalue weighted by Gasteiger charge is 2.15. The fourth-order valence-electron chi connectivity index (χ4n) is 3.00. The Morgan fingerprint density at radius 2 is 1.89 bits per heavy atom. The van der Waals surface area contributed by atoms with Crippen LogP contribution in [-0.4, -0.2) is 31.7 Å². The lowest BCUT2D eigenvalue weighted by Gasteiger charge is -2.19. The van der Waals surface area contributed by atoms with E-state index in [0.717, 1.165) is 22.1 Å². The van der Waals surface area contributed by atoms with Gasteiger partial charge in [0.1, 0.15) is 18.8 Å². The Kier molecular flexibility index (Phi) is 4.89. The number of hydrogen-bond acceptors (Lipinski definition) is 6. The summed E-state index contributed by atoms with van der Waals surface area (Å²) in [5.41, 5.74) is 3.07. The van der Waals surface area contributed by atoms with Gasteiger partial charge in [-0.2, -0.15) is 0 Å². The molecule has 0 bridgehead atoms. The molecule has 4 rings (SSSR count). The summed E-state index contributed by atoms with van der Waals surface area (Å²) in [4.78, 5) is 24.1. The maximum Gasteiger partial charge on any atom is 0.310 e. The lowest BCUT2D eigenvalue weighted by molar-refractivity contribution is -0.146. The zero-order chi connectivity index (χ0) is 19.5. The third kappa shape index (κ3) is 3.93. The second-order valence-corrected chi connectivity index (χ2v) is 6.50. The summed E-state index contributed by atoms with van der Waals surface area (Å²) in [7, 11) is 0. The monoisotopic (exact) mass is 381 g/mol. The molecule has 144 valence electrons. The molecule has 0 saturated carbocycles. The fraction of sp³-hybridized carbons (Fsp3) is 0.238. The van der Waals surface area contributed by atoms with Gasteiger partial charge in [0.05, 0.1) is 12.7 Å². The van der Waals surface area contributed by atoms with Gasteiger partial charge < -0.3 is 23.9 Å². The van der Waals surface area contributed by atoms with Crippen LogP contribution in [0.2, 0.25) is 0 Å². The van der Waals surface area contributed by atoms with Crippen LogP contribution in [0, 0.1) is 6.92 Å². The number of esters is 1. The standard InChI is InChI=1S/C21H19NO6/c1-13-2-4-16-14(11-27-18(16)8-13)9-21(24)28-12-20(23)22-15-3-5-17-19(10-15)26-7-6-25-17/h2-5,8,10-11H,6-7,9,12H2,1H3,(H,22,23). The molecule has 1 aliphatic rings. The predicted octanol–water partition coefficient (Wildman–Crippen LogP) is 3.24. The Hall–Kier alpha value is -3.48. The van der Waals surface area contributed by atoms with Crippen LogP contribution in [0.25, 0.3) is 11.0 Å². The molecular formula is C21H19NO6. The molecule has 0 atom stereocenters. The molecule has 3 aromatic rings. The van der Waals surface area contributed by atoms with E-state index in [1.165, 1.54) is 0 Å². The molecule has 2 heterocycles. The van der Waals surface area contributed by atoms with Crippen LogP contribution >= 0.6 is 0 Å². The van der Waals surface area contributed by atoms with Crippen molar-refractivity contribution in [3.8, 4) is 11.5 Å². The van der Waals surface area contributed by atoms with E-state index in [4.69, 9.17) is 18.6 Å². The molecule has 7 heteroatoms. The molecule has 0 unspecified atom stereocenters. The van der Waals surface area contributed by atoms with Gasteiger partial charge in [-0.1, -0.05) is 12.1 Å². The largest absolute Gasteiger partial charge is 0.486 e. The summed E-state index contributed by atoms with van der Waals surface area (Å²) in [6.45, 7) is 2.56. The average Bonchev–Trinajstić information content (AvgIpc) is 3.08. The quantitative estimate of drug-likeness (QED) is 0.683. The summed E-state index contributed by atoms with van der Waals surface area (Å²) >= 11 is 0. The Morgan fingerprint density at radius 1 is 1.07 bits per heavy atom. The van der Waals surface area contributed by atoms with Crippen molar-refractivity contribution in [2.75, 3.05) is 25.1 Å². The first-order chi connectivity index (χ1) is 13.6. The smallest absolute Gasteiger partial charge is 0.310 e. The summed E-state index contributed by atoms with van der Waals surface area (Å²) in [6, 6.07) is 10.9. The minimum Gasteiger partial charge on any atom is -0.486 e. The van der Waals surface area contributed by atoms with E-state index in [1.807, 2.05) is 25.1 Å². The van der Waals surface area contributed by atoms with Gasteiger partial charge >= 0.3 is 5.97 Å². The Labute approximate surface area is 161 Å². The lowest BCUT2D eigenvalue weighted by Crippen LogP contribution is -2.22. The van der Waals surface area contributed by atoms with Crippen LogP contribution in [0.5, 0.6) is 11.5 Å². The summed E-state index contributed by atoms with van der Waals surface area (Å²) in [5, 5.41) is 3.54. The van der Waals surface area contributed by atoms with Crippen molar-refractivity contribution >= 4 is 28.5 Å². The van der Waals surface area contributed by atoms with E-state index in [9.17, 15) is 9.59 Å². The number of furan rings is 1.